The number of amides is 1. The molecule has 0 saturated carbocycles. The Labute approximate surface area is 134 Å². The Morgan fingerprint density at radius 2 is 2.00 bits per heavy atom. The molecular formula is C16H20N4O3. The van der Waals surface area contributed by atoms with Crippen molar-refractivity contribution in [2.75, 3.05) is 21.3 Å². The fourth-order valence-corrected chi connectivity index (χ4v) is 2.19. The number of oxime groups is 1. The van der Waals surface area contributed by atoms with Gasteiger partial charge < -0.3 is 14.9 Å². The van der Waals surface area contributed by atoms with Crippen LogP contribution in [0.1, 0.15) is 5.56 Å². The molecular weight excluding hydrogens is 296 g/mol. The number of methoxy groups -OCH3 is 1. The summed E-state index contributed by atoms with van der Waals surface area (Å²) in [5.41, 5.74) is 3.08. The molecule has 1 N–H and O–H groups in total. The van der Waals surface area contributed by atoms with E-state index in [-0.39, 0.29) is 18.2 Å². The zero-order chi connectivity index (χ0) is 16.8. The van der Waals surface area contributed by atoms with Crippen LogP contribution in [0.25, 0.3) is 11.3 Å². The molecule has 0 bridgehead atoms. The van der Waals surface area contributed by atoms with Crippen molar-refractivity contribution in [1.82, 2.24) is 15.1 Å². The average Bonchev–Trinajstić information content (AvgIpc) is 2.94. The second-order valence-corrected chi connectivity index (χ2v) is 4.89. The van der Waals surface area contributed by atoms with Crippen LogP contribution in [-0.4, -0.2) is 42.7 Å². The highest BCUT2D eigenvalue weighted by Crippen LogP contribution is 2.23. The van der Waals surface area contributed by atoms with Crippen molar-refractivity contribution in [3.8, 4) is 17.0 Å². The van der Waals surface area contributed by atoms with Gasteiger partial charge in [-0.3, -0.25) is 9.48 Å². The zero-order valence-electron chi connectivity index (χ0n) is 13.7. The minimum Gasteiger partial charge on any atom is -0.497 e. The number of nitrogens with one attached hydrogen (secondary N) is 1. The first-order valence-corrected chi connectivity index (χ1v) is 7.09. The van der Waals surface area contributed by atoms with Gasteiger partial charge in [0, 0.05) is 18.8 Å². The van der Waals surface area contributed by atoms with Crippen molar-refractivity contribution in [2.24, 2.45) is 5.16 Å². The summed E-state index contributed by atoms with van der Waals surface area (Å²) in [6.07, 6.45) is 1.87. The monoisotopic (exact) mass is 316 g/mol. The molecule has 0 aliphatic rings. The molecule has 1 heterocycles. The lowest BCUT2D eigenvalue weighted by Gasteiger charge is -2.04. The van der Waals surface area contributed by atoms with E-state index in [4.69, 9.17) is 9.57 Å². The van der Waals surface area contributed by atoms with Crippen LogP contribution < -0.4 is 10.1 Å². The Balaban J connectivity index is 2.26. The molecule has 0 radical (unpaired) electrons. The summed E-state index contributed by atoms with van der Waals surface area (Å²) in [6.45, 7) is 2.20. The van der Waals surface area contributed by atoms with E-state index in [9.17, 15) is 4.79 Å². The first-order chi connectivity index (χ1) is 11.1. The summed E-state index contributed by atoms with van der Waals surface area (Å²) in [6, 6.07) is 7.66. The molecule has 2 rings (SSSR count). The molecule has 0 spiro atoms. The summed E-state index contributed by atoms with van der Waals surface area (Å²) in [7, 11) is 4.58. The molecule has 23 heavy (non-hydrogen) atoms. The first-order valence-electron chi connectivity index (χ1n) is 7.09. The van der Waals surface area contributed by atoms with Gasteiger partial charge in [-0.1, -0.05) is 5.16 Å². The maximum absolute atomic E-state index is 11.8. The third-order valence-corrected chi connectivity index (χ3v) is 3.31. The van der Waals surface area contributed by atoms with Gasteiger partial charge in [0.1, 0.15) is 12.9 Å². The summed E-state index contributed by atoms with van der Waals surface area (Å²) in [5.74, 6) is 0.492. The number of hydrogen-bond donors (Lipinski definition) is 1. The summed E-state index contributed by atoms with van der Waals surface area (Å²) in [5, 5.41) is 10.8. The number of nitrogens with zero attached hydrogens (tertiary/aromatic N) is 3. The minimum absolute atomic E-state index is 0.227. The van der Waals surface area contributed by atoms with Crippen molar-refractivity contribution < 1.29 is 14.4 Å². The van der Waals surface area contributed by atoms with Crippen LogP contribution in [0, 0.1) is 6.92 Å². The number of hydrogen-bond acceptors (Lipinski definition) is 5. The second kappa shape index (κ2) is 7.44. The average molecular weight is 316 g/mol. The zero-order valence-corrected chi connectivity index (χ0v) is 13.7. The molecule has 0 fully saturated rings. The van der Waals surface area contributed by atoms with Crippen LogP contribution in [0.2, 0.25) is 0 Å². The molecule has 7 heteroatoms. The van der Waals surface area contributed by atoms with Crippen LogP contribution in [-0.2, 0) is 16.2 Å². The predicted molar refractivity (Wildman–Crippen MR) is 87.5 cm³/mol. The summed E-state index contributed by atoms with van der Waals surface area (Å²) >= 11 is 0. The fourth-order valence-electron chi connectivity index (χ4n) is 2.19. The SMILES string of the molecule is CNC(=O)/C(Cn1cc(C)c(-c2ccc(OC)cc2)n1)=N/OC. The van der Waals surface area contributed by atoms with Gasteiger partial charge in [0.25, 0.3) is 5.91 Å². The van der Waals surface area contributed by atoms with E-state index in [1.807, 2.05) is 37.4 Å². The van der Waals surface area contributed by atoms with Crippen LogP contribution in [0.4, 0.5) is 0 Å². The molecule has 0 unspecified atom stereocenters. The van der Waals surface area contributed by atoms with Gasteiger partial charge >= 0.3 is 0 Å². The number of carbonyl (C=O) groups excluding carboxylic acids is 1. The Morgan fingerprint density at radius 3 is 2.57 bits per heavy atom. The maximum Gasteiger partial charge on any atom is 0.270 e. The topological polar surface area (TPSA) is 77.7 Å². The molecule has 7 nitrogen and oxygen atoms in total. The van der Waals surface area contributed by atoms with Crippen LogP contribution >= 0.6 is 0 Å². The van der Waals surface area contributed by atoms with Crippen molar-refractivity contribution in [1.29, 1.82) is 0 Å². The highest BCUT2D eigenvalue weighted by atomic mass is 16.6. The van der Waals surface area contributed by atoms with E-state index in [1.54, 1.807) is 18.8 Å². The van der Waals surface area contributed by atoms with Gasteiger partial charge in [-0.05, 0) is 36.8 Å². The molecule has 0 atom stereocenters. The van der Waals surface area contributed by atoms with E-state index < -0.39 is 0 Å². The molecule has 1 amide bonds. The number of ether oxygens (including phenoxy) is 1. The Hall–Kier alpha value is -2.83. The lowest BCUT2D eigenvalue weighted by atomic mass is 10.1. The Morgan fingerprint density at radius 1 is 1.30 bits per heavy atom. The molecule has 2 aromatic rings. The van der Waals surface area contributed by atoms with Gasteiger partial charge in [0.2, 0.25) is 0 Å². The molecule has 122 valence electrons. The number of carbonyl (C=O) groups is 1. The Bertz CT molecular complexity index is 705. The molecule has 0 aliphatic carbocycles. The quantitative estimate of drug-likeness (QED) is 0.649. The van der Waals surface area contributed by atoms with Crippen molar-refractivity contribution in [2.45, 2.75) is 13.5 Å². The van der Waals surface area contributed by atoms with Gasteiger partial charge in [0.15, 0.2) is 5.71 Å². The largest absolute Gasteiger partial charge is 0.497 e. The first kappa shape index (κ1) is 16.5. The lowest BCUT2D eigenvalue weighted by Crippen LogP contribution is -2.31. The number of rotatable bonds is 6. The third kappa shape index (κ3) is 3.88. The van der Waals surface area contributed by atoms with Crippen molar-refractivity contribution in [3.63, 3.8) is 0 Å². The van der Waals surface area contributed by atoms with Crippen molar-refractivity contribution >= 4 is 11.6 Å². The van der Waals surface area contributed by atoms with Crippen LogP contribution in [0.5, 0.6) is 5.75 Å². The standard InChI is InChI=1S/C16H20N4O3/c1-11-9-20(10-14(19-23-4)16(21)17-2)18-15(11)12-5-7-13(22-3)8-6-12/h5-9H,10H2,1-4H3,(H,17,21)/b19-14+. The molecule has 1 aromatic heterocycles. The van der Waals surface area contributed by atoms with E-state index in [0.717, 1.165) is 22.6 Å². The number of benzene rings is 1. The maximum atomic E-state index is 11.8. The number of aryl methyl sites for hydroxylation is 1. The van der Waals surface area contributed by atoms with Crippen LogP contribution in [0.15, 0.2) is 35.6 Å². The van der Waals surface area contributed by atoms with Crippen LogP contribution in [0.3, 0.4) is 0 Å². The third-order valence-electron chi connectivity index (χ3n) is 3.31. The summed E-state index contributed by atoms with van der Waals surface area (Å²) < 4.78 is 6.83. The van der Waals surface area contributed by atoms with E-state index >= 15 is 0 Å². The van der Waals surface area contributed by atoms with Crippen molar-refractivity contribution in [3.05, 3.63) is 36.0 Å². The fraction of sp³-hybridized carbons (Fsp3) is 0.312. The van der Waals surface area contributed by atoms with Gasteiger partial charge in [-0.2, -0.15) is 5.10 Å². The molecule has 0 saturated heterocycles. The highest BCUT2D eigenvalue weighted by Gasteiger charge is 2.14. The minimum atomic E-state index is -0.300. The van der Waals surface area contributed by atoms with Gasteiger partial charge in [-0.15, -0.1) is 0 Å². The van der Waals surface area contributed by atoms with Gasteiger partial charge in [0.05, 0.1) is 19.3 Å². The smallest absolute Gasteiger partial charge is 0.270 e. The highest BCUT2D eigenvalue weighted by molar-refractivity contribution is 6.38. The van der Waals surface area contributed by atoms with E-state index in [1.165, 1.54) is 7.11 Å². The normalized spacial score (nSPS) is 11.2. The second-order valence-electron chi connectivity index (χ2n) is 4.89. The lowest BCUT2D eigenvalue weighted by molar-refractivity contribution is -0.114. The van der Waals surface area contributed by atoms with E-state index in [2.05, 4.69) is 15.6 Å². The number of aromatic nitrogens is 2. The molecule has 0 aliphatic heterocycles. The Kier molecular flexibility index (Phi) is 5.35. The summed E-state index contributed by atoms with van der Waals surface area (Å²) in [4.78, 5) is 16.5. The molecule has 1 aromatic carbocycles. The van der Waals surface area contributed by atoms with Gasteiger partial charge in [-0.25, -0.2) is 0 Å². The predicted octanol–water partition coefficient (Wildman–Crippen LogP) is 1.62. The van der Waals surface area contributed by atoms with E-state index in [0.29, 0.717) is 0 Å².